The molecule has 0 aliphatic heterocycles. The van der Waals surface area contributed by atoms with Gasteiger partial charge in [0.05, 0.1) is 0 Å². The molecule has 0 fully saturated rings. The molecule has 0 aromatic carbocycles. The van der Waals surface area contributed by atoms with Gasteiger partial charge in [-0.05, 0) is 12.8 Å². The first-order valence-corrected chi connectivity index (χ1v) is 5.84. The molecule has 0 bridgehead atoms. The predicted octanol–water partition coefficient (Wildman–Crippen LogP) is 1.91. The number of amides is 1. The first-order valence-electron chi connectivity index (χ1n) is 5.84. The van der Waals surface area contributed by atoms with Gasteiger partial charge >= 0.3 is 0 Å². The number of carbonyl (C=O) groups excluding carboxylic acids is 2. The second-order valence-electron chi connectivity index (χ2n) is 3.92. The van der Waals surface area contributed by atoms with E-state index in [1.165, 1.54) is 0 Å². The maximum Gasteiger partial charge on any atom is 0.220 e. The minimum absolute atomic E-state index is 0.0198. The minimum atomic E-state index is 0.0198. The molecule has 90 valence electrons. The summed E-state index contributed by atoms with van der Waals surface area (Å²) in [5.74, 6) is 2.80. The third kappa shape index (κ3) is 7.05. The summed E-state index contributed by atoms with van der Waals surface area (Å²) in [5.41, 5.74) is 0. The topological polar surface area (TPSA) is 46.2 Å². The number of hydrogen-bond acceptors (Lipinski definition) is 2. The van der Waals surface area contributed by atoms with Crippen LogP contribution in [-0.4, -0.2) is 18.2 Å². The van der Waals surface area contributed by atoms with Crippen molar-refractivity contribution in [1.29, 1.82) is 0 Å². The van der Waals surface area contributed by atoms with E-state index in [4.69, 9.17) is 6.42 Å². The number of terminal acetylenes is 1. The highest BCUT2D eigenvalue weighted by Crippen LogP contribution is 2.04. The van der Waals surface area contributed by atoms with Crippen molar-refractivity contribution in [2.75, 3.05) is 6.54 Å². The Hall–Kier alpha value is -1.30. The maximum atomic E-state index is 11.3. The fourth-order valence-corrected chi connectivity index (χ4v) is 1.38. The van der Waals surface area contributed by atoms with Gasteiger partial charge in [-0.15, -0.1) is 12.3 Å². The smallest absolute Gasteiger partial charge is 0.220 e. The van der Waals surface area contributed by atoms with Crippen LogP contribution in [0.25, 0.3) is 0 Å². The van der Waals surface area contributed by atoms with Gasteiger partial charge in [0.1, 0.15) is 5.78 Å². The standard InChI is InChI=1S/C13H21NO2/c1-4-6-7-8-13(16)14-10-9-11(3)12(15)5-2/h1,11H,5-10H2,2-3H3,(H,14,16)/t11-/m0/s1. The number of Topliss-reactive ketones (excluding diaryl/α,β-unsaturated/α-hetero) is 1. The Morgan fingerprint density at radius 1 is 1.44 bits per heavy atom. The van der Waals surface area contributed by atoms with E-state index in [0.717, 1.165) is 6.42 Å². The lowest BCUT2D eigenvalue weighted by molar-refractivity contribution is -0.123. The van der Waals surface area contributed by atoms with E-state index in [9.17, 15) is 9.59 Å². The SMILES string of the molecule is C#CCCCC(=O)NCC[C@H](C)C(=O)CC. The monoisotopic (exact) mass is 223 g/mol. The van der Waals surface area contributed by atoms with Gasteiger partial charge in [-0.1, -0.05) is 13.8 Å². The number of ketones is 1. The molecule has 1 atom stereocenters. The molecular formula is C13H21NO2. The summed E-state index contributed by atoms with van der Waals surface area (Å²) in [5, 5.41) is 2.79. The van der Waals surface area contributed by atoms with E-state index in [1.807, 2.05) is 13.8 Å². The summed E-state index contributed by atoms with van der Waals surface area (Å²) >= 11 is 0. The summed E-state index contributed by atoms with van der Waals surface area (Å²) < 4.78 is 0. The molecule has 3 heteroatoms. The summed E-state index contributed by atoms with van der Waals surface area (Å²) in [7, 11) is 0. The van der Waals surface area contributed by atoms with Crippen LogP contribution in [0.1, 0.15) is 46.0 Å². The third-order valence-corrected chi connectivity index (χ3v) is 2.52. The molecule has 0 radical (unpaired) electrons. The van der Waals surface area contributed by atoms with E-state index in [2.05, 4.69) is 11.2 Å². The maximum absolute atomic E-state index is 11.3. The van der Waals surface area contributed by atoms with E-state index < -0.39 is 0 Å². The van der Waals surface area contributed by atoms with Crippen molar-refractivity contribution in [3.63, 3.8) is 0 Å². The lowest BCUT2D eigenvalue weighted by Crippen LogP contribution is -2.26. The predicted molar refractivity (Wildman–Crippen MR) is 64.8 cm³/mol. The van der Waals surface area contributed by atoms with Gasteiger partial charge in [-0.3, -0.25) is 9.59 Å². The Labute approximate surface area is 98.0 Å². The molecule has 0 aliphatic carbocycles. The Balaban J connectivity index is 3.54. The van der Waals surface area contributed by atoms with Gasteiger partial charge in [0.25, 0.3) is 0 Å². The summed E-state index contributed by atoms with van der Waals surface area (Å²) in [6.45, 7) is 4.33. The van der Waals surface area contributed by atoms with Crippen LogP contribution in [0.5, 0.6) is 0 Å². The molecule has 1 amide bonds. The molecule has 0 saturated carbocycles. The molecule has 0 aliphatic rings. The highest BCUT2D eigenvalue weighted by molar-refractivity contribution is 5.80. The molecule has 0 unspecified atom stereocenters. The van der Waals surface area contributed by atoms with Crippen LogP contribution in [0.3, 0.4) is 0 Å². The molecule has 0 spiro atoms. The third-order valence-electron chi connectivity index (χ3n) is 2.52. The molecule has 16 heavy (non-hydrogen) atoms. The Bertz CT molecular complexity index is 266. The van der Waals surface area contributed by atoms with E-state index in [1.54, 1.807) is 0 Å². The average Bonchev–Trinajstić information content (AvgIpc) is 2.28. The van der Waals surface area contributed by atoms with Crippen molar-refractivity contribution in [1.82, 2.24) is 5.32 Å². The number of hydrogen-bond donors (Lipinski definition) is 1. The van der Waals surface area contributed by atoms with Crippen molar-refractivity contribution >= 4 is 11.7 Å². The molecule has 1 N–H and O–H groups in total. The van der Waals surface area contributed by atoms with Crippen molar-refractivity contribution < 1.29 is 9.59 Å². The number of unbranched alkanes of at least 4 members (excludes halogenated alkanes) is 1. The highest BCUT2D eigenvalue weighted by Gasteiger charge is 2.10. The lowest BCUT2D eigenvalue weighted by Gasteiger charge is -2.09. The van der Waals surface area contributed by atoms with Crippen molar-refractivity contribution in [3.8, 4) is 12.3 Å². The van der Waals surface area contributed by atoms with Gasteiger partial charge in [-0.25, -0.2) is 0 Å². The van der Waals surface area contributed by atoms with Gasteiger partial charge in [0.15, 0.2) is 0 Å². The van der Waals surface area contributed by atoms with Crippen LogP contribution in [0.4, 0.5) is 0 Å². The van der Waals surface area contributed by atoms with Crippen LogP contribution >= 0.6 is 0 Å². The lowest BCUT2D eigenvalue weighted by atomic mass is 10.0. The highest BCUT2D eigenvalue weighted by atomic mass is 16.1. The van der Waals surface area contributed by atoms with Crippen LogP contribution < -0.4 is 5.32 Å². The molecule has 0 saturated heterocycles. The summed E-state index contributed by atoms with van der Waals surface area (Å²) in [6, 6.07) is 0. The largest absolute Gasteiger partial charge is 0.356 e. The van der Waals surface area contributed by atoms with Gasteiger partial charge < -0.3 is 5.32 Å². The van der Waals surface area contributed by atoms with E-state index >= 15 is 0 Å². The Morgan fingerprint density at radius 3 is 2.69 bits per heavy atom. The fraction of sp³-hybridized carbons (Fsp3) is 0.692. The van der Waals surface area contributed by atoms with Crippen molar-refractivity contribution in [2.45, 2.75) is 46.0 Å². The zero-order valence-electron chi connectivity index (χ0n) is 10.2. The first kappa shape index (κ1) is 14.7. The normalized spacial score (nSPS) is 11.6. The zero-order valence-corrected chi connectivity index (χ0v) is 10.2. The number of nitrogens with one attached hydrogen (secondary N) is 1. The van der Waals surface area contributed by atoms with Crippen LogP contribution in [0.2, 0.25) is 0 Å². The number of rotatable bonds is 8. The van der Waals surface area contributed by atoms with E-state index in [0.29, 0.717) is 32.2 Å². The Kier molecular flexibility index (Phi) is 8.24. The zero-order chi connectivity index (χ0) is 12.4. The molecule has 0 aromatic heterocycles. The van der Waals surface area contributed by atoms with Crippen LogP contribution in [0.15, 0.2) is 0 Å². The van der Waals surface area contributed by atoms with Gasteiger partial charge in [0, 0.05) is 31.7 Å². The van der Waals surface area contributed by atoms with Crippen LogP contribution in [0, 0.1) is 18.3 Å². The molecule has 0 rings (SSSR count). The van der Waals surface area contributed by atoms with Gasteiger partial charge in [-0.2, -0.15) is 0 Å². The number of carbonyl (C=O) groups is 2. The van der Waals surface area contributed by atoms with E-state index in [-0.39, 0.29) is 17.6 Å². The summed E-state index contributed by atoms with van der Waals surface area (Å²) in [4.78, 5) is 22.5. The average molecular weight is 223 g/mol. The molecule has 0 aromatic rings. The summed E-state index contributed by atoms with van der Waals surface area (Å²) in [6.07, 6.45) is 8.20. The first-order chi connectivity index (χ1) is 7.61. The molecular weight excluding hydrogens is 202 g/mol. The van der Waals surface area contributed by atoms with Crippen molar-refractivity contribution in [3.05, 3.63) is 0 Å². The van der Waals surface area contributed by atoms with Crippen LogP contribution in [-0.2, 0) is 9.59 Å². The fourth-order valence-electron chi connectivity index (χ4n) is 1.38. The second kappa shape index (κ2) is 8.96. The molecule has 3 nitrogen and oxygen atoms in total. The quantitative estimate of drug-likeness (QED) is 0.504. The van der Waals surface area contributed by atoms with Crippen molar-refractivity contribution in [2.24, 2.45) is 5.92 Å². The Morgan fingerprint density at radius 2 is 2.12 bits per heavy atom. The van der Waals surface area contributed by atoms with Gasteiger partial charge in [0.2, 0.25) is 5.91 Å². The molecule has 0 heterocycles. The second-order valence-corrected chi connectivity index (χ2v) is 3.92. The minimum Gasteiger partial charge on any atom is -0.356 e.